The van der Waals surface area contributed by atoms with Gasteiger partial charge in [-0.25, -0.2) is 17.8 Å². The number of benzene rings is 1. The van der Waals surface area contributed by atoms with Gasteiger partial charge in [0, 0.05) is 11.1 Å². The molecule has 0 fully saturated rings. The third-order valence-electron chi connectivity index (χ3n) is 2.15. The first kappa shape index (κ1) is 12.2. The van der Waals surface area contributed by atoms with Gasteiger partial charge in [-0.05, 0) is 31.2 Å². The Morgan fingerprint density at radius 3 is 2.47 bits per heavy atom. The number of sulfone groups is 1. The minimum Gasteiger partial charge on any atom is -0.245 e. The lowest BCUT2D eigenvalue weighted by molar-refractivity contribution is 0.594. The second-order valence-corrected chi connectivity index (χ2v) is 6.53. The van der Waals surface area contributed by atoms with Crippen LogP contribution in [0.25, 0.3) is 0 Å². The van der Waals surface area contributed by atoms with Gasteiger partial charge in [-0.15, -0.1) is 11.3 Å². The van der Waals surface area contributed by atoms with E-state index in [0.717, 1.165) is 17.8 Å². The first-order valence-electron chi connectivity index (χ1n) is 4.87. The number of aromatic nitrogens is 1. The van der Waals surface area contributed by atoms with Crippen molar-refractivity contribution in [3.8, 4) is 0 Å². The van der Waals surface area contributed by atoms with E-state index in [9.17, 15) is 12.8 Å². The molecule has 0 unspecified atom stereocenters. The van der Waals surface area contributed by atoms with Crippen LogP contribution in [0.2, 0.25) is 0 Å². The van der Waals surface area contributed by atoms with E-state index < -0.39 is 15.7 Å². The quantitative estimate of drug-likeness (QED) is 0.806. The summed E-state index contributed by atoms with van der Waals surface area (Å²) in [7, 11) is -3.44. The fourth-order valence-electron chi connectivity index (χ4n) is 1.36. The van der Waals surface area contributed by atoms with E-state index >= 15 is 0 Å². The zero-order chi connectivity index (χ0) is 12.5. The van der Waals surface area contributed by atoms with E-state index in [2.05, 4.69) is 4.98 Å². The van der Waals surface area contributed by atoms with Crippen molar-refractivity contribution in [2.75, 3.05) is 0 Å². The highest BCUT2D eigenvalue weighted by atomic mass is 32.2. The molecule has 0 saturated carbocycles. The molecule has 1 aromatic carbocycles. The van der Waals surface area contributed by atoms with Crippen molar-refractivity contribution in [1.82, 2.24) is 4.98 Å². The van der Waals surface area contributed by atoms with Gasteiger partial charge in [0.25, 0.3) is 0 Å². The van der Waals surface area contributed by atoms with Gasteiger partial charge in [0.2, 0.25) is 0 Å². The number of nitrogens with zero attached hydrogens (tertiary/aromatic N) is 1. The summed E-state index contributed by atoms with van der Waals surface area (Å²) in [4.78, 5) is 4.22. The molecule has 0 aliphatic carbocycles. The highest BCUT2D eigenvalue weighted by Gasteiger charge is 2.17. The summed E-state index contributed by atoms with van der Waals surface area (Å²) in [5.41, 5.74) is 0.805. The zero-order valence-corrected chi connectivity index (χ0v) is 10.7. The van der Waals surface area contributed by atoms with Crippen molar-refractivity contribution in [1.29, 1.82) is 0 Å². The molecule has 2 rings (SSSR count). The molecule has 0 aliphatic heterocycles. The van der Waals surface area contributed by atoms with Crippen LogP contribution >= 0.6 is 11.3 Å². The highest BCUT2D eigenvalue weighted by molar-refractivity contribution is 7.90. The fourth-order valence-corrected chi connectivity index (χ4v) is 3.76. The topological polar surface area (TPSA) is 47.0 Å². The molecule has 0 N–H and O–H groups in total. The Morgan fingerprint density at radius 2 is 1.94 bits per heavy atom. The lowest BCUT2D eigenvalue weighted by atomic mass is 10.4. The van der Waals surface area contributed by atoms with Crippen LogP contribution in [0, 0.1) is 12.7 Å². The lowest BCUT2D eigenvalue weighted by Gasteiger charge is -2.01. The van der Waals surface area contributed by atoms with Gasteiger partial charge in [-0.3, -0.25) is 0 Å². The summed E-state index contributed by atoms with van der Waals surface area (Å²) >= 11 is 1.31. The molecule has 3 nitrogen and oxygen atoms in total. The predicted octanol–water partition coefficient (Wildman–Crippen LogP) is 2.56. The highest BCUT2D eigenvalue weighted by Crippen LogP contribution is 2.19. The maximum Gasteiger partial charge on any atom is 0.184 e. The van der Waals surface area contributed by atoms with Crippen LogP contribution in [0.15, 0.2) is 34.5 Å². The van der Waals surface area contributed by atoms with Crippen LogP contribution in [0.5, 0.6) is 0 Å². The molecule has 1 aromatic heterocycles. The van der Waals surface area contributed by atoms with Crippen LogP contribution < -0.4 is 0 Å². The van der Waals surface area contributed by atoms with Crippen LogP contribution in [-0.4, -0.2) is 13.4 Å². The van der Waals surface area contributed by atoms with Crippen LogP contribution in [0.3, 0.4) is 0 Å². The molecule has 0 radical (unpaired) electrons. The van der Waals surface area contributed by atoms with Gasteiger partial charge < -0.3 is 0 Å². The number of hydrogen-bond acceptors (Lipinski definition) is 4. The summed E-state index contributed by atoms with van der Waals surface area (Å²) in [6.45, 7) is 1.81. The molecule has 0 saturated heterocycles. The van der Waals surface area contributed by atoms with Crippen LogP contribution in [-0.2, 0) is 15.6 Å². The van der Waals surface area contributed by atoms with E-state index in [-0.39, 0.29) is 10.6 Å². The second-order valence-electron chi connectivity index (χ2n) is 3.60. The molecule has 90 valence electrons. The summed E-state index contributed by atoms with van der Waals surface area (Å²) < 4.78 is 36.6. The minimum absolute atomic E-state index is 0.117. The van der Waals surface area contributed by atoms with Gasteiger partial charge in [0.1, 0.15) is 16.6 Å². The molecular formula is C11H10FNO2S2. The molecule has 17 heavy (non-hydrogen) atoms. The van der Waals surface area contributed by atoms with Crippen molar-refractivity contribution < 1.29 is 12.8 Å². The van der Waals surface area contributed by atoms with E-state index in [1.807, 2.05) is 6.92 Å². The number of halogens is 1. The molecule has 0 atom stereocenters. The van der Waals surface area contributed by atoms with Crippen molar-refractivity contribution in [2.45, 2.75) is 17.6 Å². The second kappa shape index (κ2) is 4.54. The van der Waals surface area contributed by atoms with E-state index in [0.29, 0.717) is 5.01 Å². The van der Waals surface area contributed by atoms with Gasteiger partial charge in [0.15, 0.2) is 9.84 Å². The number of rotatable bonds is 3. The summed E-state index contributed by atoms with van der Waals surface area (Å²) in [6.07, 6.45) is 0. The van der Waals surface area contributed by atoms with Gasteiger partial charge >= 0.3 is 0 Å². The maximum atomic E-state index is 12.7. The summed E-state index contributed by atoms with van der Waals surface area (Å²) in [5.74, 6) is -0.592. The molecule has 2 aromatic rings. The average molecular weight is 271 g/mol. The molecule has 0 bridgehead atoms. The standard InChI is InChI=1S/C11H10FNO2S2/c1-8-6-16-11(13-8)7-17(14,15)10-4-2-9(12)3-5-10/h2-6H,7H2,1H3. The fraction of sp³-hybridized carbons (Fsp3) is 0.182. The number of aryl methyl sites for hydroxylation is 1. The summed E-state index contributed by atoms with van der Waals surface area (Å²) in [5, 5.41) is 2.35. The average Bonchev–Trinajstić information content (AvgIpc) is 2.63. The Bertz CT molecular complexity index is 617. The first-order valence-corrected chi connectivity index (χ1v) is 7.40. The molecule has 0 amide bonds. The molecule has 1 heterocycles. The summed E-state index contributed by atoms with van der Waals surface area (Å²) in [6, 6.07) is 4.82. The monoisotopic (exact) mass is 271 g/mol. The van der Waals surface area contributed by atoms with Crippen molar-refractivity contribution in [2.24, 2.45) is 0 Å². The van der Waals surface area contributed by atoms with Gasteiger partial charge in [0.05, 0.1) is 4.90 Å². The minimum atomic E-state index is -3.44. The first-order chi connectivity index (χ1) is 7.97. The van der Waals surface area contributed by atoms with Crippen molar-refractivity contribution >= 4 is 21.2 Å². The van der Waals surface area contributed by atoms with E-state index in [4.69, 9.17) is 0 Å². The van der Waals surface area contributed by atoms with Crippen LogP contribution in [0.4, 0.5) is 4.39 Å². The van der Waals surface area contributed by atoms with Crippen molar-refractivity contribution in [3.63, 3.8) is 0 Å². The SMILES string of the molecule is Cc1csc(CS(=O)(=O)c2ccc(F)cc2)n1. The van der Waals surface area contributed by atoms with Gasteiger partial charge in [-0.2, -0.15) is 0 Å². The van der Waals surface area contributed by atoms with E-state index in [1.165, 1.54) is 23.5 Å². The maximum absolute atomic E-state index is 12.7. The number of hydrogen-bond donors (Lipinski definition) is 0. The third kappa shape index (κ3) is 2.89. The van der Waals surface area contributed by atoms with Gasteiger partial charge in [-0.1, -0.05) is 0 Å². The van der Waals surface area contributed by atoms with Crippen LogP contribution in [0.1, 0.15) is 10.7 Å². The largest absolute Gasteiger partial charge is 0.245 e. The lowest BCUT2D eigenvalue weighted by Crippen LogP contribution is -2.04. The van der Waals surface area contributed by atoms with Crippen molar-refractivity contribution in [3.05, 3.63) is 46.2 Å². The zero-order valence-electron chi connectivity index (χ0n) is 9.05. The molecule has 6 heteroatoms. The predicted molar refractivity (Wildman–Crippen MR) is 64.1 cm³/mol. The Balaban J connectivity index is 2.28. The Morgan fingerprint density at radius 1 is 1.29 bits per heavy atom. The molecular weight excluding hydrogens is 261 g/mol. The Hall–Kier alpha value is -1.27. The van der Waals surface area contributed by atoms with E-state index in [1.54, 1.807) is 5.38 Å². The Kier molecular flexibility index (Phi) is 3.26. The third-order valence-corrected chi connectivity index (χ3v) is 4.95. The number of thiazole rings is 1. The smallest absolute Gasteiger partial charge is 0.184 e. The normalized spacial score (nSPS) is 11.6. The Labute approximate surface area is 103 Å². The molecule has 0 aliphatic rings. The molecule has 0 spiro atoms.